The van der Waals surface area contributed by atoms with Gasteiger partial charge >= 0.3 is 0 Å². The van der Waals surface area contributed by atoms with Gasteiger partial charge in [-0.25, -0.2) is 0 Å². The molecule has 324 valence electrons. The van der Waals surface area contributed by atoms with Crippen LogP contribution in [0.4, 0.5) is 39.8 Å². The Morgan fingerprint density at radius 1 is 0.368 bits per heavy atom. The Bertz CT molecular complexity index is 3400. The molecule has 0 amide bonds. The number of hydrogen-bond donors (Lipinski definition) is 2. The predicted octanol–water partition coefficient (Wildman–Crippen LogP) is 15.3. The molecule has 8 nitrogen and oxygen atoms in total. The number of hydrazone groups is 1. The van der Waals surface area contributed by atoms with E-state index < -0.39 is 0 Å². The van der Waals surface area contributed by atoms with E-state index in [9.17, 15) is 0 Å². The van der Waals surface area contributed by atoms with Gasteiger partial charge in [0.05, 0.1) is 17.1 Å². The highest BCUT2D eigenvalue weighted by molar-refractivity contribution is 6.50. The fourth-order valence-corrected chi connectivity index (χ4v) is 8.46. The van der Waals surface area contributed by atoms with Crippen LogP contribution in [0.3, 0.4) is 0 Å². The normalized spacial score (nSPS) is 12.6. The Kier molecular flexibility index (Phi) is 11.3. The SMILES string of the molecule is N=C1C=CC=C/C1=N/Nc1ccc(-c2ccc(N(c3ccccc3)c3ccc(-c4ccc(N(c5ccccc5)c5ccc(-c6ccc(-n7nc8ccccc8n7)cc6)cc5)cc4)cc3)cc2)cc1. The molecule has 0 radical (unpaired) electrons. The third-order valence-corrected chi connectivity index (χ3v) is 12.0. The van der Waals surface area contributed by atoms with Crippen LogP contribution in [0.25, 0.3) is 50.1 Å². The monoisotopic (exact) mass is 876 g/mol. The van der Waals surface area contributed by atoms with Crippen LogP contribution in [-0.2, 0) is 0 Å². The van der Waals surface area contributed by atoms with Gasteiger partial charge < -0.3 is 9.80 Å². The zero-order valence-corrected chi connectivity index (χ0v) is 36.9. The molecule has 2 N–H and O–H groups in total. The van der Waals surface area contributed by atoms with E-state index in [4.69, 9.17) is 5.41 Å². The minimum atomic E-state index is 0.381. The van der Waals surface area contributed by atoms with Crippen LogP contribution in [0.5, 0.6) is 0 Å². The summed E-state index contributed by atoms with van der Waals surface area (Å²) in [6, 6.07) is 80.5. The fourth-order valence-electron chi connectivity index (χ4n) is 8.46. The van der Waals surface area contributed by atoms with E-state index in [2.05, 4.69) is 219 Å². The maximum atomic E-state index is 8.06. The number of allylic oxidation sites excluding steroid dienone is 4. The molecule has 0 aliphatic heterocycles. The topological polar surface area (TPSA) is 85.4 Å². The van der Waals surface area contributed by atoms with E-state index in [-0.39, 0.29) is 0 Å². The molecule has 1 aliphatic rings. The molecule has 68 heavy (non-hydrogen) atoms. The number of rotatable bonds is 12. The lowest BCUT2D eigenvalue weighted by Gasteiger charge is -2.26. The first-order chi connectivity index (χ1) is 33.6. The lowest BCUT2D eigenvalue weighted by molar-refractivity contribution is 0.766. The summed E-state index contributed by atoms with van der Waals surface area (Å²) in [4.78, 5) is 6.27. The summed E-state index contributed by atoms with van der Waals surface area (Å²) in [5, 5.41) is 21.7. The zero-order chi connectivity index (χ0) is 45.7. The van der Waals surface area contributed by atoms with Crippen molar-refractivity contribution < 1.29 is 0 Å². The van der Waals surface area contributed by atoms with E-state index in [0.29, 0.717) is 11.4 Å². The van der Waals surface area contributed by atoms with Crippen LogP contribution in [0.15, 0.2) is 260 Å². The largest absolute Gasteiger partial charge is 0.311 e. The average Bonchev–Trinajstić information content (AvgIpc) is 3.85. The summed E-state index contributed by atoms with van der Waals surface area (Å²) in [7, 11) is 0. The van der Waals surface area contributed by atoms with Crippen LogP contribution in [-0.4, -0.2) is 26.4 Å². The summed E-state index contributed by atoms with van der Waals surface area (Å²) in [5.41, 5.74) is 20.8. The van der Waals surface area contributed by atoms with Crippen LogP contribution in [0, 0.1) is 5.41 Å². The number of hydrogen-bond acceptors (Lipinski definition) is 7. The second-order valence-electron chi connectivity index (χ2n) is 16.4. The van der Waals surface area contributed by atoms with Crippen molar-refractivity contribution in [2.75, 3.05) is 15.2 Å². The number of fused-ring (bicyclic) bond motifs is 1. The molecule has 0 fully saturated rings. The highest BCUT2D eigenvalue weighted by atomic mass is 15.5. The summed E-state index contributed by atoms with van der Waals surface area (Å²) in [5.74, 6) is 0. The van der Waals surface area contributed by atoms with E-state index in [1.54, 1.807) is 10.9 Å². The Labute approximate surface area is 395 Å². The molecule has 0 saturated carbocycles. The Morgan fingerprint density at radius 2 is 0.706 bits per heavy atom. The van der Waals surface area contributed by atoms with Gasteiger partial charge in [-0.1, -0.05) is 133 Å². The second-order valence-corrected chi connectivity index (χ2v) is 16.4. The minimum Gasteiger partial charge on any atom is -0.311 e. The van der Waals surface area contributed by atoms with Crippen molar-refractivity contribution in [3.63, 3.8) is 0 Å². The van der Waals surface area contributed by atoms with Gasteiger partial charge in [0.2, 0.25) is 0 Å². The zero-order valence-electron chi connectivity index (χ0n) is 36.9. The van der Waals surface area contributed by atoms with Gasteiger partial charge in [0.15, 0.2) is 0 Å². The first kappa shape index (κ1) is 41.3. The van der Waals surface area contributed by atoms with Gasteiger partial charge in [-0.3, -0.25) is 10.8 Å². The average molecular weight is 877 g/mol. The van der Waals surface area contributed by atoms with Crippen molar-refractivity contribution in [1.82, 2.24) is 15.0 Å². The van der Waals surface area contributed by atoms with Crippen molar-refractivity contribution in [3.05, 3.63) is 255 Å². The third-order valence-electron chi connectivity index (χ3n) is 12.0. The summed E-state index contributed by atoms with van der Waals surface area (Å²) in [6.45, 7) is 0. The predicted molar refractivity (Wildman–Crippen MR) is 282 cm³/mol. The lowest BCUT2D eigenvalue weighted by Crippen LogP contribution is -2.11. The quantitative estimate of drug-likeness (QED) is 0.0943. The van der Waals surface area contributed by atoms with Gasteiger partial charge in [0, 0.05) is 34.1 Å². The molecule has 9 aromatic carbocycles. The molecule has 0 unspecified atom stereocenters. The van der Waals surface area contributed by atoms with Crippen molar-refractivity contribution in [3.8, 4) is 39.1 Å². The fraction of sp³-hybridized carbons (Fsp3) is 0. The summed E-state index contributed by atoms with van der Waals surface area (Å²) < 4.78 is 0. The number of nitrogens with one attached hydrogen (secondary N) is 2. The van der Waals surface area contributed by atoms with Gasteiger partial charge in [-0.2, -0.15) is 9.90 Å². The number of benzene rings is 9. The van der Waals surface area contributed by atoms with E-state index in [1.807, 2.05) is 60.7 Å². The van der Waals surface area contributed by atoms with Crippen molar-refractivity contribution in [2.24, 2.45) is 5.10 Å². The van der Waals surface area contributed by atoms with Crippen LogP contribution < -0.4 is 15.2 Å². The molecule has 0 atom stereocenters. The van der Waals surface area contributed by atoms with Crippen molar-refractivity contribution >= 4 is 62.3 Å². The number of para-hydroxylation sites is 2. The Balaban J connectivity index is 0.807. The second kappa shape index (κ2) is 18.6. The Hall–Kier alpha value is -9.40. The number of anilines is 7. The maximum absolute atomic E-state index is 8.06. The molecular formula is C60H44N8. The third kappa shape index (κ3) is 8.73. The van der Waals surface area contributed by atoms with E-state index in [0.717, 1.165) is 89.9 Å². The molecule has 0 spiro atoms. The van der Waals surface area contributed by atoms with Gasteiger partial charge in [0.25, 0.3) is 0 Å². The molecule has 11 rings (SSSR count). The maximum Gasteiger partial charge on any atom is 0.113 e. The molecule has 0 saturated heterocycles. The number of aromatic nitrogens is 3. The van der Waals surface area contributed by atoms with Gasteiger partial charge in [-0.05, 0) is 155 Å². The molecule has 0 bridgehead atoms. The van der Waals surface area contributed by atoms with E-state index in [1.165, 1.54) is 0 Å². The van der Waals surface area contributed by atoms with Gasteiger partial charge in [-0.15, -0.1) is 10.2 Å². The smallest absolute Gasteiger partial charge is 0.113 e. The van der Waals surface area contributed by atoms with Gasteiger partial charge in [0.1, 0.15) is 16.7 Å². The molecule has 1 heterocycles. The van der Waals surface area contributed by atoms with Crippen LogP contribution in [0.2, 0.25) is 0 Å². The van der Waals surface area contributed by atoms with Crippen molar-refractivity contribution in [2.45, 2.75) is 0 Å². The van der Waals surface area contributed by atoms with E-state index >= 15 is 0 Å². The minimum absolute atomic E-state index is 0.381. The summed E-state index contributed by atoms with van der Waals surface area (Å²) in [6.07, 6.45) is 7.27. The van der Waals surface area contributed by atoms with Crippen LogP contribution >= 0.6 is 0 Å². The first-order valence-corrected chi connectivity index (χ1v) is 22.5. The molecular weight excluding hydrogens is 833 g/mol. The Morgan fingerprint density at radius 3 is 1.10 bits per heavy atom. The first-order valence-electron chi connectivity index (χ1n) is 22.5. The standard InChI is InChI=1S/C60H44N8/c61-57-15-7-8-16-58(57)63-62-49-31-19-43(20-32-49)44-21-33-52(34-22-44)66(50-11-3-1-4-12-50)53-35-23-45(24-36-53)46-25-37-54(38-26-46)67(51-13-5-2-6-14-51)55-39-27-47(28-40-55)48-29-41-56(42-30-48)68-64-59-17-9-10-18-60(59)65-68/h1-42,61-62H/b61-57?,63-58-. The lowest BCUT2D eigenvalue weighted by atomic mass is 10.0. The molecule has 1 aromatic heterocycles. The molecule has 8 heteroatoms. The van der Waals surface area contributed by atoms with Crippen molar-refractivity contribution in [1.29, 1.82) is 5.41 Å². The highest BCUT2D eigenvalue weighted by Crippen LogP contribution is 2.39. The molecule has 10 aromatic rings. The summed E-state index contributed by atoms with van der Waals surface area (Å²) >= 11 is 0. The van der Waals surface area contributed by atoms with Crippen LogP contribution in [0.1, 0.15) is 0 Å². The molecule has 1 aliphatic carbocycles. The highest BCUT2D eigenvalue weighted by Gasteiger charge is 2.16. The number of nitrogens with zero attached hydrogens (tertiary/aromatic N) is 6.